The highest BCUT2D eigenvalue weighted by atomic mass is 32.2. The smallest absolute Gasteiger partial charge is 0.272 e. The van der Waals surface area contributed by atoms with E-state index in [-0.39, 0.29) is 21.0 Å². The van der Waals surface area contributed by atoms with Crippen LogP contribution in [0.3, 0.4) is 0 Å². The Balaban J connectivity index is 2.02. The van der Waals surface area contributed by atoms with Crippen molar-refractivity contribution < 1.29 is 17.3 Å². The van der Waals surface area contributed by atoms with E-state index in [1.807, 2.05) is 12.1 Å². The summed E-state index contributed by atoms with van der Waals surface area (Å²) in [5.41, 5.74) is 1.16. The van der Waals surface area contributed by atoms with E-state index in [1.165, 1.54) is 4.68 Å². The Kier molecular flexibility index (Phi) is 7.85. The molecule has 0 unspecified atom stereocenters. The molecule has 0 amide bonds. The Bertz CT molecular complexity index is 1340. The lowest BCUT2D eigenvalue weighted by Crippen LogP contribution is -2.45. The van der Waals surface area contributed by atoms with Gasteiger partial charge in [0, 0.05) is 0 Å². The molecule has 11 heteroatoms. The lowest BCUT2D eigenvalue weighted by Gasteiger charge is -2.39. The van der Waals surface area contributed by atoms with Crippen molar-refractivity contribution in [2.45, 2.75) is 88.7 Å². The SMILES string of the molecule is CC(C)(C)[Si](C)(C)Oc1ccc(CS(=O)(=O)c2nnnn2-c2ccccc2)cc1O[Si](C)(C)C(C)(C)C. The molecule has 0 aliphatic rings. The zero-order chi connectivity index (χ0) is 27.9. The lowest BCUT2D eigenvalue weighted by molar-refractivity contribution is 0.440. The molecular formula is C26H40N4O4SSi2. The molecule has 0 aliphatic heterocycles. The van der Waals surface area contributed by atoms with Gasteiger partial charge in [-0.05, 0) is 76.5 Å². The molecule has 202 valence electrons. The lowest BCUT2D eigenvalue weighted by atomic mass is 10.2. The number of aromatic nitrogens is 4. The highest BCUT2D eigenvalue weighted by Gasteiger charge is 2.42. The van der Waals surface area contributed by atoms with Crippen LogP contribution in [0.25, 0.3) is 5.69 Å². The first-order valence-corrected chi connectivity index (χ1v) is 19.9. The van der Waals surface area contributed by atoms with E-state index < -0.39 is 26.5 Å². The van der Waals surface area contributed by atoms with Gasteiger partial charge in [0.25, 0.3) is 21.8 Å². The standard InChI is InChI=1S/C26H40N4O4SSi2/c1-25(2,3)36(7,8)33-22-17-16-20(18-23(22)34-37(9,10)26(4,5)6)19-35(31,32)24-27-28-29-30(24)21-14-12-11-13-15-21/h11-18H,19H2,1-10H3. The number of hydrogen-bond donors (Lipinski definition) is 0. The van der Waals surface area contributed by atoms with Gasteiger partial charge in [-0.3, -0.25) is 0 Å². The molecule has 0 saturated carbocycles. The number of benzene rings is 2. The molecule has 0 radical (unpaired) electrons. The second kappa shape index (κ2) is 9.99. The monoisotopic (exact) mass is 560 g/mol. The van der Waals surface area contributed by atoms with Crippen molar-refractivity contribution in [2.24, 2.45) is 0 Å². The van der Waals surface area contributed by atoms with Crippen LogP contribution in [0, 0.1) is 0 Å². The van der Waals surface area contributed by atoms with Gasteiger partial charge < -0.3 is 8.85 Å². The fourth-order valence-corrected chi connectivity index (χ4v) is 6.40. The zero-order valence-electron chi connectivity index (χ0n) is 23.7. The van der Waals surface area contributed by atoms with Gasteiger partial charge in [0.1, 0.15) is 11.5 Å². The van der Waals surface area contributed by atoms with Crippen molar-refractivity contribution in [1.82, 2.24) is 20.2 Å². The largest absolute Gasteiger partial charge is 0.541 e. The maximum absolute atomic E-state index is 13.4. The third-order valence-electron chi connectivity index (χ3n) is 7.43. The van der Waals surface area contributed by atoms with E-state index in [0.29, 0.717) is 22.7 Å². The summed E-state index contributed by atoms with van der Waals surface area (Å²) in [6.45, 7) is 21.8. The van der Waals surface area contributed by atoms with Crippen LogP contribution < -0.4 is 8.85 Å². The normalized spacial score (nSPS) is 13.5. The number of tetrazole rings is 1. The Labute approximate surface area is 223 Å². The van der Waals surface area contributed by atoms with Gasteiger partial charge in [-0.1, -0.05) is 70.9 Å². The van der Waals surface area contributed by atoms with Crippen LogP contribution in [0.15, 0.2) is 53.7 Å². The number of sulfone groups is 1. The summed E-state index contributed by atoms with van der Waals surface area (Å²) >= 11 is 0. The van der Waals surface area contributed by atoms with Gasteiger partial charge in [-0.2, -0.15) is 4.68 Å². The maximum atomic E-state index is 13.4. The van der Waals surface area contributed by atoms with Crippen molar-refractivity contribution >= 4 is 26.5 Å². The van der Waals surface area contributed by atoms with Gasteiger partial charge in [0.15, 0.2) is 0 Å². The van der Waals surface area contributed by atoms with Gasteiger partial charge >= 0.3 is 0 Å². The van der Waals surface area contributed by atoms with Gasteiger partial charge in [0.2, 0.25) is 9.84 Å². The minimum absolute atomic E-state index is 0.00221. The minimum Gasteiger partial charge on any atom is -0.541 e. The number of rotatable bonds is 8. The highest BCUT2D eigenvalue weighted by molar-refractivity contribution is 7.90. The highest BCUT2D eigenvalue weighted by Crippen LogP contribution is 2.44. The summed E-state index contributed by atoms with van der Waals surface area (Å²) in [5.74, 6) is 0.979. The molecule has 0 aliphatic carbocycles. The first kappa shape index (κ1) is 29.1. The Morgan fingerprint density at radius 3 is 1.89 bits per heavy atom. The average molecular weight is 561 g/mol. The van der Waals surface area contributed by atoms with Crippen LogP contribution in [-0.4, -0.2) is 45.3 Å². The van der Waals surface area contributed by atoms with Crippen molar-refractivity contribution in [2.75, 3.05) is 0 Å². The number of para-hydroxylation sites is 1. The molecule has 0 fully saturated rings. The number of nitrogens with zero attached hydrogens (tertiary/aromatic N) is 4. The summed E-state index contributed by atoms with van der Waals surface area (Å²) in [5, 5.41) is 11.1. The van der Waals surface area contributed by atoms with Crippen LogP contribution in [0.2, 0.25) is 36.3 Å². The summed E-state index contributed by atoms with van der Waals surface area (Å²) in [6, 6.07) is 14.4. The average Bonchev–Trinajstić information content (AvgIpc) is 3.25. The molecule has 0 N–H and O–H groups in total. The van der Waals surface area contributed by atoms with Crippen LogP contribution in [0.5, 0.6) is 11.5 Å². The van der Waals surface area contributed by atoms with Crippen LogP contribution in [-0.2, 0) is 15.6 Å². The van der Waals surface area contributed by atoms with Crippen molar-refractivity contribution in [3.05, 3.63) is 54.1 Å². The predicted molar refractivity (Wildman–Crippen MR) is 152 cm³/mol. The minimum atomic E-state index is -3.86. The maximum Gasteiger partial charge on any atom is 0.272 e. The predicted octanol–water partition coefficient (Wildman–Crippen LogP) is 6.40. The zero-order valence-corrected chi connectivity index (χ0v) is 26.5. The van der Waals surface area contributed by atoms with Crippen LogP contribution >= 0.6 is 0 Å². The van der Waals surface area contributed by atoms with Crippen LogP contribution in [0.4, 0.5) is 0 Å². The molecule has 0 saturated heterocycles. The van der Waals surface area contributed by atoms with Crippen molar-refractivity contribution in [1.29, 1.82) is 0 Å². The number of hydrogen-bond acceptors (Lipinski definition) is 7. The van der Waals surface area contributed by atoms with Gasteiger partial charge in [-0.15, -0.1) is 0 Å². The molecule has 0 spiro atoms. The van der Waals surface area contributed by atoms with E-state index in [2.05, 4.69) is 83.3 Å². The van der Waals surface area contributed by atoms with Crippen molar-refractivity contribution in [3.63, 3.8) is 0 Å². The molecule has 37 heavy (non-hydrogen) atoms. The molecule has 1 heterocycles. The van der Waals surface area contributed by atoms with Crippen molar-refractivity contribution in [3.8, 4) is 17.2 Å². The molecular weight excluding hydrogens is 521 g/mol. The van der Waals surface area contributed by atoms with E-state index in [4.69, 9.17) is 8.85 Å². The molecule has 2 aromatic carbocycles. The Morgan fingerprint density at radius 2 is 1.35 bits per heavy atom. The first-order chi connectivity index (χ1) is 16.8. The topological polar surface area (TPSA) is 96.2 Å². The summed E-state index contributed by atoms with van der Waals surface area (Å²) in [6.07, 6.45) is 0. The van der Waals surface area contributed by atoms with Gasteiger partial charge in [-0.25, -0.2) is 8.42 Å². The Morgan fingerprint density at radius 1 is 0.811 bits per heavy atom. The quantitative estimate of drug-likeness (QED) is 0.294. The third kappa shape index (κ3) is 6.50. The third-order valence-corrected chi connectivity index (χ3v) is 17.6. The van der Waals surface area contributed by atoms with Gasteiger partial charge in [0.05, 0.1) is 11.4 Å². The summed E-state index contributed by atoms with van der Waals surface area (Å²) in [4.78, 5) is 0. The second-order valence-corrected chi connectivity index (χ2v) is 23.8. The van der Waals surface area contributed by atoms with E-state index in [0.717, 1.165) is 0 Å². The summed E-state index contributed by atoms with van der Waals surface area (Å²) < 4.78 is 41.5. The van der Waals surface area contributed by atoms with E-state index in [9.17, 15) is 8.42 Å². The van der Waals surface area contributed by atoms with Crippen LogP contribution in [0.1, 0.15) is 47.1 Å². The van der Waals surface area contributed by atoms with E-state index >= 15 is 0 Å². The molecule has 0 atom stereocenters. The molecule has 3 aromatic rings. The van der Waals surface area contributed by atoms with E-state index in [1.54, 1.807) is 36.4 Å². The fraction of sp³-hybridized carbons (Fsp3) is 0.500. The summed E-state index contributed by atoms with van der Waals surface area (Å²) in [7, 11) is -8.26. The molecule has 0 bridgehead atoms. The Hall–Kier alpha value is -2.51. The fourth-order valence-electron chi connectivity index (χ4n) is 3.05. The molecule has 3 rings (SSSR count). The first-order valence-electron chi connectivity index (χ1n) is 12.4. The molecule has 1 aromatic heterocycles. The second-order valence-electron chi connectivity index (χ2n) is 12.5. The molecule has 8 nitrogen and oxygen atoms in total.